The van der Waals surface area contributed by atoms with E-state index in [4.69, 9.17) is 10.8 Å². The molecule has 4 amide bonds. The van der Waals surface area contributed by atoms with Crippen LogP contribution >= 0.6 is 12.6 Å². The third-order valence-electron chi connectivity index (χ3n) is 5.55. The van der Waals surface area contributed by atoms with Gasteiger partial charge in [0.25, 0.3) is 0 Å². The average molecular weight is 560 g/mol. The average Bonchev–Trinajstić information content (AvgIpc) is 2.91. The standard InChI is InChI=1S/C26H33N5O7S/c27-19(12-17-6-8-18(32)9-7-17)24(35)28-11-10-22(33)30-20(13-16-4-2-1-3-5-16)25(36)29-14-23(34)31-21(15-39)26(37)38/h1-9,19-21,32,39H,10-15,27H2,(H,28,35)(H,29,36)(H,30,33)(H,31,34)(H,37,38)/t19-,20-,21-/m0/s1. The highest BCUT2D eigenvalue weighted by Gasteiger charge is 2.23. The number of phenolic OH excluding ortho intramolecular Hbond substituents is 1. The predicted octanol–water partition coefficient (Wildman–Crippen LogP) is -0.889. The van der Waals surface area contributed by atoms with E-state index in [0.29, 0.717) is 0 Å². The number of nitrogens with one attached hydrogen (secondary N) is 4. The molecule has 2 rings (SSSR count). The molecule has 2 aromatic carbocycles. The van der Waals surface area contributed by atoms with Gasteiger partial charge in [0.15, 0.2) is 0 Å². The Morgan fingerprint density at radius 3 is 2.03 bits per heavy atom. The third kappa shape index (κ3) is 11.4. The van der Waals surface area contributed by atoms with Crippen LogP contribution < -0.4 is 27.0 Å². The second-order valence-corrected chi connectivity index (χ2v) is 9.05. The van der Waals surface area contributed by atoms with Gasteiger partial charge in [0.05, 0.1) is 12.6 Å². The van der Waals surface area contributed by atoms with Crippen molar-refractivity contribution in [1.29, 1.82) is 0 Å². The van der Waals surface area contributed by atoms with Crippen molar-refractivity contribution < 1.29 is 34.2 Å². The smallest absolute Gasteiger partial charge is 0.327 e. The molecule has 0 bridgehead atoms. The number of rotatable bonds is 15. The lowest BCUT2D eigenvalue weighted by Gasteiger charge is -2.19. The summed E-state index contributed by atoms with van der Waals surface area (Å²) in [5, 5.41) is 28.2. The van der Waals surface area contributed by atoms with Gasteiger partial charge in [0, 0.05) is 25.1 Å². The van der Waals surface area contributed by atoms with E-state index in [1.54, 1.807) is 42.5 Å². The van der Waals surface area contributed by atoms with Gasteiger partial charge in [-0.25, -0.2) is 4.79 Å². The van der Waals surface area contributed by atoms with Gasteiger partial charge < -0.3 is 37.2 Å². The van der Waals surface area contributed by atoms with E-state index in [1.807, 2.05) is 0 Å². The zero-order valence-electron chi connectivity index (χ0n) is 21.1. The minimum absolute atomic E-state index is 0.0175. The van der Waals surface area contributed by atoms with E-state index in [1.165, 1.54) is 12.1 Å². The van der Waals surface area contributed by atoms with Crippen LogP contribution in [-0.2, 0) is 36.8 Å². The van der Waals surface area contributed by atoms with Crippen LogP contribution in [0.2, 0.25) is 0 Å². The van der Waals surface area contributed by atoms with E-state index in [9.17, 15) is 29.1 Å². The van der Waals surface area contributed by atoms with Crippen LogP contribution in [0.3, 0.4) is 0 Å². The van der Waals surface area contributed by atoms with Gasteiger partial charge >= 0.3 is 5.97 Å². The number of amides is 4. The summed E-state index contributed by atoms with van der Waals surface area (Å²) in [5.41, 5.74) is 7.45. The van der Waals surface area contributed by atoms with Crippen LogP contribution in [0.5, 0.6) is 5.75 Å². The van der Waals surface area contributed by atoms with E-state index in [0.717, 1.165) is 11.1 Å². The van der Waals surface area contributed by atoms with Crippen LogP contribution in [0.4, 0.5) is 0 Å². The maximum absolute atomic E-state index is 12.8. The van der Waals surface area contributed by atoms with Crippen LogP contribution in [0.1, 0.15) is 17.5 Å². The highest BCUT2D eigenvalue weighted by Crippen LogP contribution is 2.11. The van der Waals surface area contributed by atoms with Crippen molar-refractivity contribution in [3.05, 3.63) is 65.7 Å². The molecule has 0 aliphatic rings. The van der Waals surface area contributed by atoms with Crippen molar-refractivity contribution in [2.45, 2.75) is 37.4 Å². The third-order valence-corrected chi connectivity index (χ3v) is 5.92. The first-order valence-corrected chi connectivity index (χ1v) is 12.8. The molecule has 0 unspecified atom stereocenters. The Morgan fingerprint density at radius 2 is 1.41 bits per heavy atom. The second-order valence-electron chi connectivity index (χ2n) is 8.69. The lowest BCUT2D eigenvalue weighted by atomic mass is 10.0. The number of carboxylic acid groups (broad SMARTS) is 1. The fourth-order valence-corrected chi connectivity index (χ4v) is 3.70. The molecule has 2 aromatic rings. The molecule has 0 radical (unpaired) electrons. The van der Waals surface area contributed by atoms with Gasteiger partial charge in [-0.05, 0) is 29.7 Å². The van der Waals surface area contributed by atoms with Gasteiger partial charge in [-0.2, -0.15) is 12.6 Å². The molecule has 12 nitrogen and oxygen atoms in total. The Balaban J connectivity index is 1.88. The van der Waals surface area contributed by atoms with Crippen molar-refractivity contribution in [2.24, 2.45) is 5.73 Å². The summed E-state index contributed by atoms with van der Waals surface area (Å²) in [5.74, 6) is -3.61. The van der Waals surface area contributed by atoms with E-state index in [-0.39, 0.29) is 37.3 Å². The molecule has 0 spiro atoms. The maximum atomic E-state index is 12.8. The second kappa shape index (κ2) is 16.0. The first-order valence-electron chi connectivity index (χ1n) is 12.1. The lowest BCUT2D eigenvalue weighted by molar-refractivity contribution is -0.141. The number of benzene rings is 2. The summed E-state index contributed by atoms with van der Waals surface area (Å²) in [6.07, 6.45) is 0.254. The lowest BCUT2D eigenvalue weighted by Crippen LogP contribution is -2.52. The monoisotopic (exact) mass is 559 g/mol. The Kier molecular flexibility index (Phi) is 12.8. The fraction of sp³-hybridized carbons (Fsp3) is 0.346. The highest BCUT2D eigenvalue weighted by molar-refractivity contribution is 7.80. The molecule has 0 fully saturated rings. The summed E-state index contributed by atoms with van der Waals surface area (Å²) in [6.45, 7) is -0.511. The summed E-state index contributed by atoms with van der Waals surface area (Å²) in [7, 11) is 0. The molecule has 0 aromatic heterocycles. The molecule has 3 atom stereocenters. The summed E-state index contributed by atoms with van der Waals surface area (Å²) in [6, 6.07) is 12.1. The van der Waals surface area contributed by atoms with Crippen LogP contribution in [0, 0.1) is 0 Å². The Labute approximate surface area is 231 Å². The Hall–Kier alpha value is -4.10. The number of aliphatic carboxylic acids is 1. The van der Waals surface area contributed by atoms with E-state index < -0.39 is 54.3 Å². The van der Waals surface area contributed by atoms with Crippen molar-refractivity contribution in [1.82, 2.24) is 21.3 Å². The molecule has 39 heavy (non-hydrogen) atoms. The van der Waals surface area contributed by atoms with Gasteiger partial charge in [-0.1, -0.05) is 42.5 Å². The van der Waals surface area contributed by atoms with Crippen molar-refractivity contribution in [3.8, 4) is 5.75 Å². The molecule has 13 heteroatoms. The van der Waals surface area contributed by atoms with Gasteiger partial charge in [0.2, 0.25) is 23.6 Å². The molecular formula is C26H33N5O7S. The number of phenols is 1. The number of hydrogen-bond acceptors (Lipinski definition) is 8. The van der Waals surface area contributed by atoms with Crippen molar-refractivity contribution >= 4 is 42.2 Å². The molecular weight excluding hydrogens is 526 g/mol. The number of carbonyl (C=O) groups excluding carboxylic acids is 4. The molecule has 8 N–H and O–H groups in total. The largest absolute Gasteiger partial charge is 0.508 e. The van der Waals surface area contributed by atoms with E-state index >= 15 is 0 Å². The van der Waals surface area contributed by atoms with Gasteiger partial charge in [-0.15, -0.1) is 0 Å². The minimum Gasteiger partial charge on any atom is -0.508 e. The molecule has 0 saturated carbocycles. The van der Waals surface area contributed by atoms with Gasteiger partial charge in [-0.3, -0.25) is 19.2 Å². The first-order chi connectivity index (χ1) is 18.6. The van der Waals surface area contributed by atoms with Crippen molar-refractivity contribution in [3.63, 3.8) is 0 Å². The summed E-state index contributed by atoms with van der Waals surface area (Å²) < 4.78 is 0. The fourth-order valence-electron chi connectivity index (χ4n) is 3.46. The summed E-state index contributed by atoms with van der Waals surface area (Å²) >= 11 is 3.87. The highest BCUT2D eigenvalue weighted by atomic mass is 32.1. The first kappa shape index (κ1) is 31.1. The Morgan fingerprint density at radius 1 is 0.795 bits per heavy atom. The molecule has 0 heterocycles. The van der Waals surface area contributed by atoms with E-state index in [2.05, 4.69) is 33.9 Å². The number of carboxylic acids is 1. The van der Waals surface area contributed by atoms with Crippen LogP contribution in [0.15, 0.2) is 54.6 Å². The SMILES string of the molecule is N[C@@H](Cc1ccc(O)cc1)C(=O)NCCC(=O)N[C@@H](Cc1ccccc1)C(=O)NCC(=O)N[C@@H](CS)C(=O)O. The number of aromatic hydroxyl groups is 1. The van der Waals surface area contributed by atoms with Crippen LogP contribution in [0.25, 0.3) is 0 Å². The Bertz CT molecular complexity index is 1130. The topological polar surface area (TPSA) is 200 Å². The maximum Gasteiger partial charge on any atom is 0.327 e. The molecule has 210 valence electrons. The quantitative estimate of drug-likeness (QED) is 0.128. The normalized spacial score (nSPS) is 12.9. The molecule has 0 saturated heterocycles. The van der Waals surface area contributed by atoms with Gasteiger partial charge in [0.1, 0.15) is 17.8 Å². The number of thiol groups is 1. The number of hydrogen-bond donors (Lipinski definition) is 8. The minimum atomic E-state index is -1.26. The molecule has 0 aliphatic carbocycles. The zero-order chi connectivity index (χ0) is 28.8. The molecule has 0 aliphatic heterocycles. The number of carbonyl (C=O) groups is 5. The van der Waals surface area contributed by atoms with Crippen molar-refractivity contribution in [2.75, 3.05) is 18.8 Å². The van der Waals surface area contributed by atoms with Crippen LogP contribution in [-0.4, -0.2) is 76.8 Å². The number of nitrogens with two attached hydrogens (primary N) is 1. The predicted molar refractivity (Wildman–Crippen MR) is 146 cm³/mol. The summed E-state index contributed by atoms with van der Waals surface area (Å²) in [4.78, 5) is 60.8. The zero-order valence-corrected chi connectivity index (χ0v) is 22.0.